The fourth-order valence-electron chi connectivity index (χ4n) is 3.12. The van der Waals surface area contributed by atoms with Gasteiger partial charge in [-0.25, -0.2) is 4.99 Å². The van der Waals surface area contributed by atoms with Crippen LogP contribution in [0.3, 0.4) is 0 Å². The van der Waals surface area contributed by atoms with E-state index in [1.807, 2.05) is 60.7 Å². The molecule has 6 nitrogen and oxygen atoms in total. The molecule has 6 heteroatoms. The molecule has 3 aromatic carbocycles. The highest BCUT2D eigenvalue weighted by molar-refractivity contribution is 6.19. The monoisotopic (exact) mass is 383 g/mol. The number of nitro groups is 1. The van der Waals surface area contributed by atoms with Crippen LogP contribution in [0.2, 0.25) is 0 Å². The molecule has 1 aliphatic rings. The van der Waals surface area contributed by atoms with E-state index < -0.39 is 4.92 Å². The van der Waals surface area contributed by atoms with E-state index in [-0.39, 0.29) is 11.6 Å². The molecule has 0 N–H and O–H groups in total. The summed E-state index contributed by atoms with van der Waals surface area (Å²) >= 11 is 0. The molecule has 3 aromatic rings. The summed E-state index contributed by atoms with van der Waals surface area (Å²) in [5.41, 5.74) is 2.83. The van der Waals surface area contributed by atoms with Crippen LogP contribution in [0.1, 0.15) is 16.7 Å². The summed E-state index contributed by atoms with van der Waals surface area (Å²) in [6.45, 7) is 0.408. The van der Waals surface area contributed by atoms with Gasteiger partial charge in [0.15, 0.2) is 0 Å². The molecular weight excluding hydrogens is 366 g/mol. The summed E-state index contributed by atoms with van der Waals surface area (Å²) in [6.07, 6.45) is 1.65. The number of nitrogens with zero attached hydrogens (tertiary/aromatic N) is 3. The lowest BCUT2D eigenvalue weighted by molar-refractivity contribution is -0.384. The van der Waals surface area contributed by atoms with Crippen LogP contribution in [-0.4, -0.2) is 21.6 Å². The van der Waals surface area contributed by atoms with E-state index >= 15 is 0 Å². The van der Waals surface area contributed by atoms with Gasteiger partial charge in [0.2, 0.25) is 0 Å². The molecule has 0 unspecified atom stereocenters. The maximum atomic E-state index is 13.1. The normalized spacial score (nSPS) is 14.9. The van der Waals surface area contributed by atoms with Gasteiger partial charge in [-0.05, 0) is 29.3 Å². The zero-order chi connectivity index (χ0) is 20.2. The Morgan fingerprint density at radius 2 is 1.52 bits per heavy atom. The van der Waals surface area contributed by atoms with Gasteiger partial charge in [0.1, 0.15) is 11.5 Å². The third-order valence-electron chi connectivity index (χ3n) is 4.57. The second-order valence-corrected chi connectivity index (χ2v) is 6.56. The van der Waals surface area contributed by atoms with Crippen molar-refractivity contribution in [1.29, 1.82) is 0 Å². The summed E-state index contributed by atoms with van der Waals surface area (Å²) in [6, 6.07) is 25.3. The Morgan fingerprint density at radius 1 is 0.897 bits per heavy atom. The molecule has 4 rings (SSSR count). The zero-order valence-corrected chi connectivity index (χ0v) is 15.4. The highest BCUT2D eigenvalue weighted by atomic mass is 16.6. The molecule has 0 spiro atoms. The second-order valence-electron chi connectivity index (χ2n) is 6.56. The maximum absolute atomic E-state index is 13.1. The molecule has 1 heterocycles. The number of rotatable bonds is 5. The van der Waals surface area contributed by atoms with E-state index in [9.17, 15) is 14.9 Å². The van der Waals surface area contributed by atoms with Crippen LogP contribution >= 0.6 is 0 Å². The van der Waals surface area contributed by atoms with Gasteiger partial charge in [-0.3, -0.25) is 19.8 Å². The van der Waals surface area contributed by atoms with Crippen LogP contribution in [0, 0.1) is 10.1 Å². The number of carbonyl (C=O) groups excluding carboxylic acids is 1. The second kappa shape index (κ2) is 7.90. The molecule has 0 bridgehead atoms. The minimum absolute atomic E-state index is 0.00378. The van der Waals surface area contributed by atoms with Crippen LogP contribution in [0.5, 0.6) is 0 Å². The van der Waals surface area contributed by atoms with E-state index in [0.717, 1.165) is 11.1 Å². The van der Waals surface area contributed by atoms with Crippen LogP contribution in [0.15, 0.2) is 95.6 Å². The van der Waals surface area contributed by atoms with Crippen LogP contribution < -0.4 is 0 Å². The maximum Gasteiger partial charge on any atom is 0.278 e. The van der Waals surface area contributed by atoms with Crippen molar-refractivity contribution in [3.63, 3.8) is 0 Å². The molecule has 29 heavy (non-hydrogen) atoms. The molecule has 142 valence electrons. The van der Waals surface area contributed by atoms with Gasteiger partial charge >= 0.3 is 0 Å². The third-order valence-corrected chi connectivity index (χ3v) is 4.57. The minimum atomic E-state index is -0.453. The van der Waals surface area contributed by atoms with Crippen molar-refractivity contribution in [1.82, 2.24) is 4.90 Å². The third kappa shape index (κ3) is 3.96. The molecule has 0 atom stereocenters. The van der Waals surface area contributed by atoms with E-state index in [1.54, 1.807) is 23.1 Å². The van der Waals surface area contributed by atoms with Crippen molar-refractivity contribution in [3.05, 3.63) is 117 Å². The average molecular weight is 383 g/mol. The minimum Gasteiger partial charge on any atom is -0.286 e. The Labute approximate surface area is 167 Å². The first-order chi connectivity index (χ1) is 14.1. The quantitative estimate of drug-likeness (QED) is 0.372. The van der Waals surface area contributed by atoms with Crippen molar-refractivity contribution >= 4 is 23.5 Å². The molecule has 0 radical (unpaired) electrons. The number of amidine groups is 1. The molecule has 0 saturated carbocycles. The fourth-order valence-corrected chi connectivity index (χ4v) is 3.12. The zero-order valence-electron chi connectivity index (χ0n) is 15.4. The van der Waals surface area contributed by atoms with Gasteiger partial charge in [0.25, 0.3) is 11.6 Å². The van der Waals surface area contributed by atoms with Crippen molar-refractivity contribution < 1.29 is 9.72 Å². The average Bonchev–Trinajstić information content (AvgIpc) is 3.05. The van der Waals surface area contributed by atoms with Crippen molar-refractivity contribution in [3.8, 4) is 0 Å². The predicted molar refractivity (Wildman–Crippen MR) is 111 cm³/mol. The lowest BCUT2D eigenvalue weighted by Gasteiger charge is -2.18. The smallest absolute Gasteiger partial charge is 0.278 e. The van der Waals surface area contributed by atoms with Gasteiger partial charge in [-0.2, -0.15) is 0 Å². The highest BCUT2D eigenvalue weighted by Crippen LogP contribution is 2.24. The molecule has 0 saturated heterocycles. The van der Waals surface area contributed by atoms with Crippen molar-refractivity contribution in [2.45, 2.75) is 6.54 Å². The number of nitro benzene ring substituents is 1. The lowest BCUT2D eigenvalue weighted by Crippen LogP contribution is -2.32. The lowest BCUT2D eigenvalue weighted by atomic mass is 10.1. The largest absolute Gasteiger partial charge is 0.286 e. The molecule has 0 aromatic heterocycles. The van der Waals surface area contributed by atoms with Crippen LogP contribution in [0.25, 0.3) is 6.08 Å². The summed E-state index contributed by atoms with van der Waals surface area (Å²) in [5, 5.41) is 10.8. The SMILES string of the molecule is O=C1/C(=C/c2ccc([N+](=O)[O-])cc2)N=C(c2ccccc2)N1Cc1ccccc1. The molecule has 1 amide bonds. The van der Waals surface area contributed by atoms with E-state index in [2.05, 4.69) is 4.99 Å². The highest BCUT2D eigenvalue weighted by Gasteiger charge is 2.31. The fraction of sp³-hybridized carbons (Fsp3) is 0.0435. The Balaban J connectivity index is 1.70. The van der Waals surface area contributed by atoms with E-state index in [0.29, 0.717) is 23.6 Å². The molecule has 0 fully saturated rings. The molecule has 0 aliphatic carbocycles. The predicted octanol–water partition coefficient (Wildman–Crippen LogP) is 4.42. The number of hydrogen-bond acceptors (Lipinski definition) is 4. The van der Waals surface area contributed by atoms with E-state index in [4.69, 9.17) is 0 Å². The Kier molecular flexibility index (Phi) is 4.99. The summed E-state index contributed by atoms with van der Waals surface area (Å²) in [7, 11) is 0. The topological polar surface area (TPSA) is 75.8 Å². The number of aliphatic imine (C=N–C) groups is 1. The number of amides is 1. The van der Waals surface area contributed by atoms with Crippen molar-refractivity contribution in [2.75, 3.05) is 0 Å². The summed E-state index contributed by atoms with van der Waals surface area (Å²) in [5.74, 6) is 0.388. The molecular formula is C23H17N3O3. The van der Waals surface area contributed by atoms with Gasteiger partial charge < -0.3 is 0 Å². The first kappa shape index (κ1) is 18.3. The Hall–Kier alpha value is -4.06. The number of hydrogen-bond donors (Lipinski definition) is 0. The molecule has 1 aliphatic heterocycles. The van der Waals surface area contributed by atoms with Gasteiger partial charge in [-0.15, -0.1) is 0 Å². The Bertz CT molecular complexity index is 1110. The van der Waals surface area contributed by atoms with Gasteiger partial charge in [0.05, 0.1) is 11.5 Å². The number of benzene rings is 3. The number of carbonyl (C=O) groups is 1. The first-order valence-corrected chi connectivity index (χ1v) is 9.08. The first-order valence-electron chi connectivity index (χ1n) is 9.08. The standard InChI is InChI=1S/C23H17N3O3/c27-23-21(15-17-11-13-20(14-12-17)26(28)29)24-22(19-9-5-2-6-10-19)25(23)16-18-7-3-1-4-8-18/h1-15H,16H2/b21-15-. The van der Waals surface area contributed by atoms with E-state index in [1.165, 1.54) is 12.1 Å². The Morgan fingerprint density at radius 3 is 2.14 bits per heavy atom. The van der Waals surface area contributed by atoms with Gasteiger partial charge in [0, 0.05) is 17.7 Å². The summed E-state index contributed by atoms with van der Waals surface area (Å²) < 4.78 is 0. The van der Waals surface area contributed by atoms with Crippen LogP contribution in [0.4, 0.5) is 5.69 Å². The van der Waals surface area contributed by atoms with Crippen LogP contribution in [-0.2, 0) is 11.3 Å². The van der Waals surface area contributed by atoms with Gasteiger partial charge in [-0.1, -0.05) is 60.7 Å². The van der Waals surface area contributed by atoms with Crippen molar-refractivity contribution in [2.24, 2.45) is 4.99 Å². The number of non-ortho nitro benzene ring substituents is 1. The summed E-state index contributed by atoms with van der Waals surface area (Å²) in [4.78, 5) is 29.7.